The Hall–Kier alpha value is -2.18. The van der Waals surface area contributed by atoms with Crippen LogP contribution < -0.4 is 5.32 Å². The van der Waals surface area contributed by atoms with Crippen LogP contribution in [0.3, 0.4) is 0 Å². The van der Waals surface area contributed by atoms with Gasteiger partial charge in [-0.1, -0.05) is 19.1 Å². The Kier molecular flexibility index (Phi) is 4.22. The zero-order chi connectivity index (χ0) is 15.5. The number of amides is 1. The van der Waals surface area contributed by atoms with Gasteiger partial charge in [0, 0.05) is 13.3 Å². The first-order valence-electron chi connectivity index (χ1n) is 7.09. The molecular formula is C16H17N3O2S. The van der Waals surface area contributed by atoms with Crippen molar-refractivity contribution in [2.24, 2.45) is 0 Å². The highest BCUT2D eigenvalue weighted by Crippen LogP contribution is 2.32. The smallest absolute Gasteiger partial charge is 0.254 e. The Bertz CT molecular complexity index is 776. The third kappa shape index (κ3) is 2.63. The van der Waals surface area contributed by atoms with E-state index in [4.69, 9.17) is 4.74 Å². The van der Waals surface area contributed by atoms with Gasteiger partial charge in [-0.3, -0.25) is 9.20 Å². The van der Waals surface area contributed by atoms with Crippen LogP contribution in [-0.2, 0) is 9.53 Å². The zero-order valence-electron chi connectivity index (χ0n) is 12.4. The SMILES string of the molecule is CC[C@@H](OC)C(=O)Nc1c(-c2cccs2)nc2ccccn12. The molecule has 0 radical (unpaired) electrons. The van der Waals surface area contributed by atoms with E-state index in [-0.39, 0.29) is 5.91 Å². The van der Waals surface area contributed by atoms with E-state index in [1.807, 2.05) is 53.2 Å². The molecule has 22 heavy (non-hydrogen) atoms. The predicted octanol–water partition coefficient (Wildman–Crippen LogP) is 3.43. The minimum Gasteiger partial charge on any atom is -0.372 e. The number of fused-ring (bicyclic) bond motifs is 1. The van der Waals surface area contributed by atoms with Gasteiger partial charge in [0.15, 0.2) is 0 Å². The number of hydrogen-bond donors (Lipinski definition) is 1. The van der Waals surface area contributed by atoms with Gasteiger partial charge in [0.25, 0.3) is 5.91 Å². The summed E-state index contributed by atoms with van der Waals surface area (Å²) >= 11 is 1.59. The number of carbonyl (C=O) groups is 1. The lowest BCUT2D eigenvalue weighted by molar-refractivity contribution is -0.125. The summed E-state index contributed by atoms with van der Waals surface area (Å²) in [6, 6.07) is 9.72. The predicted molar refractivity (Wildman–Crippen MR) is 88.2 cm³/mol. The van der Waals surface area contributed by atoms with Crippen LogP contribution in [0.1, 0.15) is 13.3 Å². The number of nitrogens with zero attached hydrogens (tertiary/aromatic N) is 2. The molecule has 0 aliphatic heterocycles. The first kappa shape index (κ1) is 14.7. The highest BCUT2D eigenvalue weighted by molar-refractivity contribution is 7.13. The molecule has 1 N–H and O–H groups in total. The summed E-state index contributed by atoms with van der Waals surface area (Å²) < 4.78 is 7.10. The molecule has 3 heterocycles. The van der Waals surface area contributed by atoms with E-state index < -0.39 is 6.10 Å². The number of methoxy groups -OCH3 is 1. The fraction of sp³-hybridized carbons (Fsp3) is 0.250. The topological polar surface area (TPSA) is 55.6 Å². The lowest BCUT2D eigenvalue weighted by Gasteiger charge is -2.13. The maximum atomic E-state index is 12.4. The Morgan fingerprint density at radius 2 is 2.27 bits per heavy atom. The average molecular weight is 315 g/mol. The molecule has 3 aromatic rings. The third-order valence-corrected chi connectivity index (χ3v) is 4.35. The Balaban J connectivity index is 2.06. The van der Waals surface area contributed by atoms with Crippen molar-refractivity contribution in [3.63, 3.8) is 0 Å². The molecule has 5 nitrogen and oxygen atoms in total. The van der Waals surface area contributed by atoms with Crippen molar-refractivity contribution < 1.29 is 9.53 Å². The molecule has 3 aromatic heterocycles. The van der Waals surface area contributed by atoms with Gasteiger partial charge < -0.3 is 10.1 Å². The second-order valence-corrected chi connectivity index (χ2v) is 5.78. The number of imidazole rings is 1. The molecule has 0 saturated heterocycles. The lowest BCUT2D eigenvalue weighted by Crippen LogP contribution is -2.29. The Morgan fingerprint density at radius 3 is 2.95 bits per heavy atom. The molecule has 3 rings (SSSR count). The molecule has 0 bridgehead atoms. The summed E-state index contributed by atoms with van der Waals surface area (Å²) in [5.74, 6) is 0.520. The lowest BCUT2D eigenvalue weighted by atomic mass is 10.2. The maximum absolute atomic E-state index is 12.4. The highest BCUT2D eigenvalue weighted by atomic mass is 32.1. The van der Waals surface area contributed by atoms with Crippen LogP contribution in [0, 0.1) is 0 Å². The van der Waals surface area contributed by atoms with Crippen LogP contribution >= 0.6 is 11.3 Å². The molecule has 6 heteroatoms. The fourth-order valence-electron chi connectivity index (χ4n) is 2.36. The quantitative estimate of drug-likeness (QED) is 0.785. The molecule has 0 aliphatic rings. The van der Waals surface area contributed by atoms with Crippen LogP contribution in [0.4, 0.5) is 5.82 Å². The van der Waals surface area contributed by atoms with E-state index in [0.29, 0.717) is 12.2 Å². The van der Waals surface area contributed by atoms with Gasteiger partial charge in [0.2, 0.25) is 0 Å². The van der Waals surface area contributed by atoms with Crippen molar-refractivity contribution in [2.75, 3.05) is 12.4 Å². The summed E-state index contributed by atoms with van der Waals surface area (Å²) in [4.78, 5) is 18.0. The van der Waals surface area contributed by atoms with E-state index in [9.17, 15) is 4.79 Å². The largest absolute Gasteiger partial charge is 0.372 e. The second kappa shape index (κ2) is 6.29. The molecule has 0 aromatic carbocycles. The van der Waals surface area contributed by atoms with Gasteiger partial charge in [0.05, 0.1) is 4.88 Å². The van der Waals surface area contributed by atoms with Gasteiger partial charge in [0.1, 0.15) is 23.3 Å². The molecule has 0 unspecified atom stereocenters. The van der Waals surface area contributed by atoms with Crippen LogP contribution in [-0.4, -0.2) is 28.5 Å². The van der Waals surface area contributed by atoms with Crippen LogP contribution in [0.5, 0.6) is 0 Å². The summed E-state index contributed by atoms with van der Waals surface area (Å²) in [5, 5.41) is 4.96. The third-order valence-electron chi connectivity index (χ3n) is 3.47. The van der Waals surface area contributed by atoms with Crippen molar-refractivity contribution in [1.29, 1.82) is 0 Å². The minimum atomic E-state index is -0.467. The number of anilines is 1. The zero-order valence-corrected chi connectivity index (χ0v) is 13.3. The molecule has 0 fully saturated rings. The molecule has 1 amide bonds. The Labute approximate surface area is 132 Å². The molecule has 0 saturated carbocycles. The number of ether oxygens (including phenoxy) is 1. The van der Waals surface area contributed by atoms with E-state index in [2.05, 4.69) is 10.3 Å². The first-order chi connectivity index (χ1) is 10.7. The van der Waals surface area contributed by atoms with Crippen LogP contribution in [0.15, 0.2) is 41.9 Å². The normalized spacial score (nSPS) is 12.5. The van der Waals surface area contributed by atoms with E-state index in [1.54, 1.807) is 18.4 Å². The summed E-state index contributed by atoms with van der Waals surface area (Å²) in [7, 11) is 1.54. The average Bonchev–Trinajstić information content (AvgIpc) is 3.16. The van der Waals surface area contributed by atoms with Gasteiger partial charge >= 0.3 is 0 Å². The van der Waals surface area contributed by atoms with Crippen molar-refractivity contribution in [2.45, 2.75) is 19.4 Å². The maximum Gasteiger partial charge on any atom is 0.254 e. The second-order valence-electron chi connectivity index (χ2n) is 4.84. The number of rotatable bonds is 5. The van der Waals surface area contributed by atoms with Gasteiger partial charge in [-0.2, -0.15) is 0 Å². The molecular weight excluding hydrogens is 298 g/mol. The molecule has 1 atom stereocenters. The van der Waals surface area contributed by atoms with Gasteiger partial charge in [-0.25, -0.2) is 4.98 Å². The summed E-state index contributed by atoms with van der Waals surface area (Å²) in [5.41, 5.74) is 1.58. The standard InChI is InChI=1S/C16H17N3O2S/c1-3-11(21-2)16(20)18-15-14(12-7-6-10-22-12)17-13-8-4-5-9-19(13)15/h4-11H,3H2,1-2H3,(H,18,20)/t11-/m1/s1. The van der Waals surface area contributed by atoms with Crippen molar-refractivity contribution in [1.82, 2.24) is 9.38 Å². The number of thiophene rings is 1. The fourth-order valence-corrected chi connectivity index (χ4v) is 3.07. The van der Waals surface area contributed by atoms with E-state index in [1.165, 1.54) is 0 Å². The highest BCUT2D eigenvalue weighted by Gasteiger charge is 2.21. The minimum absolute atomic E-state index is 0.159. The van der Waals surface area contributed by atoms with Gasteiger partial charge in [-0.15, -0.1) is 11.3 Å². The summed E-state index contributed by atoms with van der Waals surface area (Å²) in [6.45, 7) is 1.92. The number of pyridine rings is 1. The Morgan fingerprint density at radius 1 is 1.41 bits per heavy atom. The number of hydrogen-bond acceptors (Lipinski definition) is 4. The van der Waals surface area contributed by atoms with Crippen molar-refractivity contribution >= 4 is 28.7 Å². The molecule has 0 spiro atoms. The molecule has 0 aliphatic carbocycles. The molecule has 114 valence electrons. The monoisotopic (exact) mass is 315 g/mol. The van der Waals surface area contributed by atoms with Crippen LogP contribution in [0.25, 0.3) is 16.2 Å². The number of aromatic nitrogens is 2. The van der Waals surface area contributed by atoms with Crippen molar-refractivity contribution in [3.8, 4) is 10.6 Å². The first-order valence-corrected chi connectivity index (χ1v) is 7.97. The summed E-state index contributed by atoms with van der Waals surface area (Å²) in [6.07, 6.45) is 2.04. The van der Waals surface area contributed by atoms with Gasteiger partial charge in [-0.05, 0) is 30.0 Å². The number of nitrogens with one attached hydrogen (secondary N) is 1. The number of carbonyl (C=O) groups excluding carboxylic acids is 1. The van der Waals surface area contributed by atoms with E-state index >= 15 is 0 Å². The van der Waals surface area contributed by atoms with Crippen LogP contribution in [0.2, 0.25) is 0 Å². The van der Waals surface area contributed by atoms with Crippen molar-refractivity contribution in [3.05, 3.63) is 41.9 Å². The van der Waals surface area contributed by atoms with E-state index in [0.717, 1.165) is 16.2 Å².